The van der Waals surface area contributed by atoms with Crippen molar-refractivity contribution in [2.75, 3.05) is 294 Å². The lowest BCUT2D eigenvalue weighted by atomic mass is 10.0. The maximum Gasteiger partial charge on any atom is 0.162 e. The standard InChI is InChI=1S/C102H154N4O26/c1-9-11-13-15-17-19-21-23-25-27-29-125-95-67-79-80(68-96(95)126-30-28-26-24-22-20-18-16-14-12-10-2)88-76-90-82-70-98(128-62-56-120-50-44-114-38-32-108-4)100(130-64-58-122-52-46-116-40-34-110-6)72-84(82)92(105-90)78-94-86-74-102(132-66-60-124-54-48-118-42-36-112-8)101(131-65-59-123-53-47-117-41-35-111-7)73-85(86)93(106-94)77-91-83-71-99(129-63-57-121-51-45-115-39-33-109-5)97(69-81(83)89(104-91)75-87(79)103-88)127-61-55-119-49-43-113-37-31-107-3/h67-78,104-105H,9-66H2,1-8H3. The third-order valence-electron chi connectivity index (χ3n) is 22.0. The molecule has 8 bridgehead atoms. The van der Waals surface area contributed by atoms with Crippen LogP contribution in [-0.4, -0.2) is 314 Å². The van der Waals surface area contributed by atoms with E-state index in [1.54, 1.807) is 42.7 Å². The number of methoxy groups -OCH3 is 6. The maximum absolute atomic E-state index is 7.02. The second-order valence-corrected chi connectivity index (χ2v) is 32.1. The molecule has 0 amide bonds. The van der Waals surface area contributed by atoms with Gasteiger partial charge in [-0.05, 0) is 85.6 Å². The number of hydrogen-bond acceptors (Lipinski definition) is 28. The van der Waals surface area contributed by atoms with E-state index in [9.17, 15) is 0 Å². The monoisotopic (exact) mass is 1850 g/mol. The van der Waals surface area contributed by atoms with Crippen molar-refractivity contribution in [3.05, 3.63) is 72.8 Å². The summed E-state index contributed by atoms with van der Waals surface area (Å²) in [6.45, 7) is 18.5. The van der Waals surface area contributed by atoms with E-state index in [0.717, 1.165) is 93.4 Å². The number of nitrogens with zero attached hydrogens (tertiary/aromatic N) is 2. The first-order valence-corrected chi connectivity index (χ1v) is 48.3. The fraction of sp³-hybridized carbons (Fsp3) is 0.647. The molecule has 0 fully saturated rings. The van der Waals surface area contributed by atoms with Gasteiger partial charge in [0.2, 0.25) is 0 Å². The molecule has 0 saturated carbocycles. The Balaban J connectivity index is 1.27. The molecule has 0 radical (unpaired) electrons. The molecule has 738 valence electrons. The van der Waals surface area contributed by atoms with Gasteiger partial charge < -0.3 is 133 Å². The van der Waals surface area contributed by atoms with Crippen LogP contribution in [0.25, 0.3) is 88.6 Å². The lowest BCUT2D eigenvalue weighted by molar-refractivity contribution is 0.0160. The first-order valence-electron chi connectivity index (χ1n) is 48.3. The van der Waals surface area contributed by atoms with E-state index in [1.165, 1.54) is 89.9 Å². The Morgan fingerprint density at radius 1 is 0.174 bits per heavy atom. The number of hydrogen-bond donors (Lipinski definition) is 2. The number of aromatic nitrogens is 4. The molecule has 2 aliphatic heterocycles. The second-order valence-electron chi connectivity index (χ2n) is 32.1. The van der Waals surface area contributed by atoms with Crippen molar-refractivity contribution in [1.29, 1.82) is 0 Å². The van der Waals surface area contributed by atoms with Gasteiger partial charge in [0.05, 0.1) is 234 Å². The molecule has 0 atom stereocenters. The zero-order valence-electron chi connectivity index (χ0n) is 80.4. The number of rotatable bonds is 84. The molecule has 4 aromatic carbocycles. The van der Waals surface area contributed by atoms with Crippen LogP contribution in [0.4, 0.5) is 0 Å². The minimum absolute atomic E-state index is 0.182. The van der Waals surface area contributed by atoms with Crippen LogP contribution in [0.5, 0.6) is 46.0 Å². The fourth-order valence-electron chi connectivity index (χ4n) is 15.0. The van der Waals surface area contributed by atoms with Crippen LogP contribution < -0.4 is 37.9 Å². The lowest BCUT2D eigenvalue weighted by Crippen LogP contribution is -2.14. The summed E-state index contributed by atoms with van der Waals surface area (Å²) < 4.78 is 157. The van der Waals surface area contributed by atoms with E-state index in [-0.39, 0.29) is 79.3 Å². The summed E-state index contributed by atoms with van der Waals surface area (Å²) in [5.74, 6) is 4.16. The molecular formula is C102H154N4O26. The quantitative estimate of drug-likeness (QED) is 0.0335. The Morgan fingerprint density at radius 2 is 0.333 bits per heavy atom. The number of fused-ring (bicyclic) bond motifs is 20. The fourth-order valence-corrected chi connectivity index (χ4v) is 15.0. The highest BCUT2D eigenvalue weighted by Crippen LogP contribution is 2.49. The average Bonchev–Trinajstić information content (AvgIpc) is 1.59. The molecular weight excluding hydrogens is 1700 g/mol. The highest BCUT2D eigenvalue weighted by molar-refractivity contribution is 6.12. The van der Waals surface area contributed by atoms with Crippen LogP contribution in [0.1, 0.15) is 142 Å². The number of benzene rings is 4. The van der Waals surface area contributed by atoms with Gasteiger partial charge in [-0.3, -0.25) is 0 Å². The zero-order valence-corrected chi connectivity index (χ0v) is 80.4. The van der Waals surface area contributed by atoms with Crippen LogP contribution >= 0.6 is 0 Å². The first kappa shape index (κ1) is 108. The van der Waals surface area contributed by atoms with E-state index < -0.39 is 0 Å². The molecule has 0 unspecified atom stereocenters. The van der Waals surface area contributed by atoms with Crippen LogP contribution in [0, 0.1) is 0 Å². The molecule has 9 rings (SSSR count). The zero-order chi connectivity index (χ0) is 92.6. The third-order valence-corrected chi connectivity index (χ3v) is 22.0. The molecule has 5 heterocycles. The molecule has 30 nitrogen and oxygen atoms in total. The van der Waals surface area contributed by atoms with E-state index in [4.69, 9.17) is 133 Å². The second kappa shape index (κ2) is 68.2. The Morgan fingerprint density at radius 3 is 0.523 bits per heavy atom. The summed E-state index contributed by atoms with van der Waals surface area (Å²) >= 11 is 0. The average molecular weight is 1850 g/mol. The molecule has 30 heteroatoms. The van der Waals surface area contributed by atoms with Crippen LogP contribution in [0.15, 0.2) is 72.8 Å². The van der Waals surface area contributed by atoms with Crippen molar-refractivity contribution in [1.82, 2.24) is 19.9 Å². The minimum atomic E-state index is 0.182. The predicted molar refractivity (Wildman–Crippen MR) is 514 cm³/mol. The predicted octanol–water partition coefficient (Wildman–Crippen LogP) is 18.2. The van der Waals surface area contributed by atoms with Gasteiger partial charge in [0.25, 0.3) is 0 Å². The summed E-state index contributed by atoms with van der Waals surface area (Å²) in [6.07, 6.45) is 24.0. The van der Waals surface area contributed by atoms with Crippen molar-refractivity contribution < 1.29 is 123 Å². The molecule has 7 aromatic rings. The van der Waals surface area contributed by atoms with E-state index in [1.807, 2.05) is 36.4 Å². The maximum atomic E-state index is 7.02. The van der Waals surface area contributed by atoms with Gasteiger partial charge in [0.15, 0.2) is 46.0 Å². The number of H-pyrrole nitrogens is 2. The Hall–Kier alpha value is -7.80. The number of ether oxygens (including phenoxy) is 26. The van der Waals surface area contributed by atoms with Gasteiger partial charge in [0.1, 0.15) is 39.6 Å². The molecule has 0 aliphatic carbocycles. The van der Waals surface area contributed by atoms with Crippen molar-refractivity contribution in [2.24, 2.45) is 0 Å². The van der Waals surface area contributed by atoms with Gasteiger partial charge in [0, 0.05) is 109 Å². The highest BCUT2D eigenvalue weighted by atomic mass is 16.6. The van der Waals surface area contributed by atoms with E-state index in [2.05, 4.69) is 60.2 Å². The van der Waals surface area contributed by atoms with Gasteiger partial charge in [-0.1, -0.05) is 129 Å². The smallest absolute Gasteiger partial charge is 0.162 e. The van der Waals surface area contributed by atoms with Crippen LogP contribution in [0.2, 0.25) is 0 Å². The summed E-state index contributed by atoms with van der Waals surface area (Å²) in [6, 6.07) is 24.7. The number of aromatic amines is 2. The van der Waals surface area contributed by atoms with Crippen molar-refractivity contribution in [3.8, 4) is 91.0 Å². The molecule has 2 aliphatic rings. The van der Waals surface area contributed by atoms with Crippen molar-refractivity contribution in [3.63, 3.8) is 0 Å². The first-order chi connectivity index (χ1) is 65.3. The van der Waals surface area contributed by atoms with E-state index >= 15 is 0 Å². The number of nitrogens with one attached hydrogen (secondary N) is 2. The van der Waals surface area contributed by atoms with Crippen molar-refractivity contribution in [2.45, 2.75) is 142 Å². The Bertz CT molecular complexity index is 3970. The van der Waals surface area contributed by atoms with Gasteiger partial charge >= 0.3 is 0 Å². The highest BCUT2D eigenvalue weighted by Gasteiger charge is 2.27. The van der Waals surface area contributed by atoms with Crippen molar-refractivity contribution >= 4 is 43.6 Å². The Kier molecular flexibility index (Phi) is 55.8. The molecule has 0 saturated heterocycles. The Labute approximate surface area is 782 Å². The molecule has 132 heavy (non-hydrogen) atoms. The molecule has 3 aromatic heterocycles. The largest absolute Gasteiger partial charge is 0.490 e. The van der Waals surface area contributed by atoms with Crippen LogP contribution in [0.3, 0.4) is 0 Å². The van der Waals surface area contributed by atoms with Gasteiger partial charge in [-0.25, -0.2) is 9.97 Å². The summed E-state index contributed by atoms with van der Waals surface area (Å²) in [5, 5.41) is 3.21. The normalized spacial score (nSPS) is 11.8. The third kappa shape index (κ3) is 39.9. The van der Waals surface area contributed by atoms with Gasteiger partial charge in [-0.2, -0.15) is 0 Å². The van der Waals surface area contributed by atoms with E-state index in [0.29, 0.717) is 252 Å². The number of unbranched alkanes of at least 4 members (excludes halogenated alkanes) is 18. The minimum Gasteiger partial charge on any atom is -0.490 e. The molecule has 0 spiro atoms. The summed E-state index contributed by atoms with van der Waals surface area (Å²) in [7, 11) is 9.89. The topological polar surface area (TPSA) is 297 Å². The molecule has 2 N–H and O–H groups in total. The van der Waals surface area contributed by atoms with Crippen LogP contribution in [-0.2, 0) is 85.3 Å². The SMILES string of the molecule is CCCCCCCCCCCCOc1cc2c(cc1OCCCCCCCCCCCC)-c1cc3[nH]c(cc4nc(cc5[nH]c(cc-2n1)c1cc(OCCOCCOCCOC)c(OCCOCCOCCOC)cc51)-c1cc(OCCOCCOCCOC)c(OCCOCCOCCOC)cc1-4)c1cc(OCCOCCOCCOC)c(OCCOCCOCCOC)cc31. The van der Waals surface area contributed by atoms with Gasteiger partial charge in [-0.15, -0.1) is 0 Å². The lowest BCUT2D eigenvalue weighted by Gasteiger charge is -2.15. The summed E-state index contributed by atoms with van der Waals surface area (Å²) in [4.78, 5) is 19.3. The summed E-state index contributed by atoms with van der Waals surface area (Å²) in [5.41, 5.74) is 8.60.